The molecule has 322 valence electrons. The molecule has 1 aromatic heterocycles. The number of carbonyl (C=O) groups excluding carboxylic acids is 3. The summed E-state index contributed by atoms with van der Waals surface area (Å²) in [5.74, 6) is -2.42. The van der Waals surface area contributed by atoms with Crippen LogP contribution >= 0.6 is 11.3 Å². The number of nitrogens with zero attached hydrogens (tertiary/aromatic N) is 4. The Kier molecular flexibility index (Phi) is 15.9. The van der Waals surface area contributed by atoms with Crippen LogP contribution in [0.1, 0.15) is 66.5 Å². The highest BCUT2D eigenvalue weighted by Crippen LogP contribution is 2.33. The Bertz CT molecular complexity index is 2190. The minimum absolute atomic E-state index is 0.0189. The molecule has 17 heteroatoms. The van der Waals surface area contributed by atoms with Crippen molar-refractivity contribution in [3.8, 4) is 0 Å². The molecule has 59 heavy (non-hydrogen) atoms. The van der Waals surface area contributed by atoms with E-state index in [-0.39, 0.29) is 29.3 Å². The summed E-state index contributed by atoms with van der Waals surface area (Å²) in [6.07, 6.45) is -1.20. The van der Waals surface area contributed by atoms with Gasteiger partial charge in [0, 0.05) is 24.3 Å². The number of hydrogen-bond acceptors (Lipinski definition) is 11. The van der Waals surface area contributed by atoms with Gasteiger partial charge in [-0.15, -0.1) is 0 Å². The van der Waals surface area contributed by atoms with Gasteiger partial charge in [0.05, 0.1) is 40.3 Å². The molecule has 3 aromatic carbocycles. The van der Waals surface area contributed by atoms with E-state index in [1.807, 2.05) is 13.8 Å². The number of aromatic nitrogens is 1. The normalized spacial score (nSPS) is 14.6. The molecule has 0 saturated carbocycles. The van der Waals surface area contributed by atoms with Crippen LogP contribution in [0.4, 0.5) is 9.18 Å². The van der Waals surface area contributed by atoms with Gasteiger partial charge < -0.3 is 25.0 Å². The lowest BCUT2D eigenvalue weighted by Gasteiger charge is -2.46. The molecule has 0 fully saturated rings. The van der Waals surface area contributed by atoms with E-state index in [1.54, 1.807) is 84.0 Å². The zero-order valence-electron chi connectivity index (χ0n) is 35.0. The molecular formula is C42H56FN5O8S3. The molecule has 4 rings (SSSR count). The third-order valence-corrected chi connectivity index (χ3v) is 13.4. The second-order valence-electron chi connectivity index (χ2n) is 16.9. The van der Waals surface area contributed by atoms with Crippen molar-refractivity contribution in [2.24, 2.45) is 17.1 Å². The molecule has 0 aliphatic carbocycles. The Morgan fingerprint density at radius 2 is 1.61 bits per heavy atom. The van der Waals surface area contributed by atoms with Gasteiger partial charge in [-0.25, -0.2) is 22.5 Å². The van der Waals surface area contributed by atoms with Gasteiger partial charge in [-0.2, -0.15) is 9.29 Å². The topological polar surface area (TPSA) is 186 Å². The lowest BCUT2D eigenvalue weighted by molar-refractivity contribution is -0.155. The van der Waals surface area contributed by atoms with Crippen molar-refractivity contribution in [1.82, 2.24) is 19.1 Å². The second-order valence-corrected chi connectivity index (χ2v) is 21.4. The summed E-state index contributed by atoms with van der Waals surface area (Å²) in [6.45, 7) is 12.1. The maximum Gasteiger partial charge on any atom is 0.417 e. The first-order valence-corrected chi connectivity index (χ1v) is 23.0. The molecule has 0 spiro atoms. The van der Waals surface area contributed by atoms with E-state index in [4.69, 9.17) is 10.5 Å². The van der Waals surface area contributed by atoms with E-state index < -0.39 is 93.8 Å². The molecule has 1 heterocycles. The minimum atomic E-state index is -4.32. The van der Waals surface area contributed by atoms with Crippen LogP contribution in [0.2, 0.25) is 0 Å². The van der Waals surface area contributed by atoms with Crippen LogP contribution in [0.25, 0.3) is 10.2 Å². The van der Waals surface area contributed by atoms with Crippen LogP contribution in [0.15, 0.2) is 82.0 Å². The zero-order chi connectivity index (χ0) is 44.0. The first-order chi connectivity index (χ1) is 27.4. The van der Waals surface area contributed by atoms with Crippen molar-refractivity contribution in [3.63, 3.8) is 0 Å². The summed E-state index contributed by atoms with van der Waals surface area (Å²) in [4.78, 5) is 49.6. The molecule has 3 N–H and O–H groups in total. The molecule has 13 nitrogen and oxygen atoms in total. The summed E-state index contributed by atoms with van der Waals surface area (Å²) >= 11 is -0.256. The fourth-order valence-corrected chi connectivity index (χ4v) is 10.1. The number of aliphatic hydroxyl groups excluding tert-OH is 1. The van der Waals surface area contributed by atoms with E-state index in [0.717, 1.165) is 20.5 Å². The smallest absolute Gasteiger partial charge is 0.417 e. The maximum absolute atomic E-state index is 15.1. The Balaban J connectivity index is 1.87. The Labute approximate surface area is 354 Å². The average molecular weight is 874 g/mol. The lowest BCUT2D eigenvalue weighted by atomic mass is 9.82. The highest BCUT2D eigenvalue weighted by atomic mass is 32.2. The average Bonchev–Trinajstić information content (AvgIpc) is 3.58. The van der Waals surface area contributed by atoms with Gasteiger partial charge in [0.1, 0.15) is 23.7 Å². The number of sulfonamides is 1. The van der Waals surface area contributed by atoms with Crippen LogP contribution < -0.4 is 5.73 Å². The summed E-state index contributed by atoms with van der Waals surface area (Å²) < 4.78 is 63.3. The van der Waals surface area contributed by atoms with Crippen molar-refractivity contribution in [1.29, 1.82) is 0 Å². The molecule has 0 bridgehead atoms. The van der Waals surface area contributed by atoms with Crippen molar-refractivity contribution in [2.75, 3.05) is 25.9 Å². The van der Waals surface area contributed by atoms with Gasteiger partial charge in [0.25, 0.3) is 5.91 Å². The first-order valence-electron chi connectivity index (χ1n) is 19.2. The van der Waals surface area contributed by atoms with Crippen LogP contribution in [0.3, 0.4) is 0 Å². The van der Waals surface area contributed by atoms with Gasteiger partial charge in [0.2, 0.25) is 15.9 Å². The SMILES string of the molecule is CC(C)CN(C[C@@H](O)[C@H](Cc1ccccc1)N(C(=O)CN)[C@H](C(=O)N(Cc1cccc(F)c1)C(=O)OC(C)(C)C)C(C)(C)C)S(=O)(=O)c1ccc2nc([S+](C)[O-])sc2c1. The zero-order valence-corrected chi connectivity index (χ0v) is 37.5. The number of aliphatic hydroxyl groups is 1. The number of thiazole rings is 1. The number of nitrogens with two attached hydrogens (primary N) is 1. The Morgan fingerprint density at radius 3 is 2.17 bits per heavy atom. The number of halogens is 1. The fourth-order valence-electron chi connectivity index (χ4n) is 6.65. The first kappa shape index (κ1) is 47.7. The standard InChI is InChI=1S/C42H56FN5O8S3/c1-27(2)24-46(59(54,55)31-18-19-32-35(22-31)57-39(45-32)58(9)53)26-34(49)33(21-28-14-11-10-12-15-28)48(36(50)23-44)37(41(3,4)5)38(51)47(40(52)56-42(6,7)8)25-29-16-13-17-30(43)20-29/h10-20,22,27,33-34,37,49H,21,23-26,44H2,1-9H3/t33-,34+,37+,58?/m0/s1. The molecule has 4 atom stereocenters. The fraction of sp³-hybridized carbons (Fsp3) is 0.476. The van der Waals surface area contributed by atoms with Gasteiger partial charge >= 0.3 is 10.4 Å². The number of hydrogen-bond donors (Lipinski definition) is 2. The highest BCUT2D eigenvalue weighted by molar-refractivity contribution is 7.92. The quantitative estimate of drug-likeness (QED) is 0.127. The van der Waals surface area contributed by atoms with Crippen molar-refractivity contribution in [3.05, 3.63) is 89.7 Å². The summed E-state index contributed by atoms with van der Waals surface area (Å²) in [6, 6.07) is 15.9. The largest absolute Gasteiger partial charge is 0.610 e. The number of imide groups is 1. The number of amides is 3. The van der Waals surface area contributed by atoms with E-state index in [9.17, 15) is 32.1 Å². The second kappa shape index (κ2) is 19.6. The number of fused-ring (bicyclic) bond motifs is 1. The number of benzene rings is 3. The summed E-state index contributed by atoms with van der Waals surface area (Å²) in [5, 5.41) is 12.4. The molecule has 1 unspecified atom stereocenters. The molecule has 0 saturated heterocycles. The van der Waals surface area contributed by atoms with Gasteiger partial charge in [0.15, 0.2) is 0 Å². The van der Waals surface area contributed by atoms with E-state index in [2.05, 4.69) is 4.98 Å². The summed E-state index contributed by atoms with van der Waals surface area (Å²) in [7, 11) is -4.32. The van der Waals surface area contributed by atoms with Gasteiger partial charge in [-0.05, 0) is 80.0 Å². The van der Waals surface area contributed by atoms with Crippen molar-refractivity contribution < 1.29 is 41.6 Å². The predicted molar refractivity (Wildman–Crippen MR) is 228 cm³/mol. The van der Waals surface area contributed by atoms with Gasteiger partial charge in [-0.3, -0.25) is 9.59 Å². The van der Waals surface area contributed by atoms with Gasteiger partial charge in [-0.1, -0.05) is 88.4 Å². The third kappa shape index (κ3) is 12.5. The van der Waals surface area contributed by atoms with Crippen molar-refractivity contribution in [2.45, 2.75) is 101 Å². The molecule has 0 aliphatic rings. The Hall–Kier alpha value is -3.97. The minimum Gasteiger partial charge on any atom is -0.610 e. The van der Waals surface area contributed by atoms with Crippen LogP contribution in [0.5, 0.6) is 0 Å². The summed E-state index contributed by atoms with van der Waals surface area (Å²) in [5.41, 5.74) is 5.32. The lowest BCUT2D eigenvalue weighted by Crippen LogP contribution is -2.65. The molecule has 4 aromatic rings. The van der Waals surface area contributed by atoms with Crippen molar-refractivity contribution >= 4 is 60.7 Å². The van der Waals surface area contributed by atoms with Crippen LogP contribution in [0, 0.1) is 17.2 Å². The Morgan fingerprint density at radius 1 is 0.966 bits per heavy atom. The number of ether oxygens (including phenoxy) is 1. The number of carbonyl (C=O) groups is 3. The molecule has 0 radical (unpaired) electrons. The van der Waals surface area contributed by atoms with Crippen LogP contribution in [-0.2, 0) is 48.5 Å². The van der Waals surface area contributed by atoms with Crippen LogP contribution in [-0.4, -0.2) is 105 Å². The van der Waals surface area contributed by atoms with E-state index in [1.165, 1.54) is 41.5 Å². The highest BCUT2D eigenvalue weighted by Gasteiger charge is 2.48. The predicted octanol–water partition coefficient (Wildman–Crippen LogP) is 5.96. The third-order valence-electron chi connectivity index (χ3n) is 9.18. The number of rotatable bonds is 16. The maximum atomic E-state index is 15.1. The molecule has 3 amide bonds. The molecule has 0 aliphatic heterocycles. The van der Waals surface area contributed by atoms with E-state index in [0.29, 0.717) is 20.1 Å². The van der Waals surface area contributed by atoms with E-state index >= 15 is 4.79 Å². The molecular weight excluding hydrogens is 818 g/mol. The monoisotopic (exact) mass is 873 g/mol.